The van der Waals surface area contributed by atoms with Crippen molar-refractivity contribution in [2.24, 2.45) is 0 Å². The molecule has 2 atom stereocenters. The van der Waals surface area contributed by atoms with Gasteiger partial charge >= 0.3 is 0 Å². The van der Waals surface area contributed by atoms with Crippen LogP contribution in [0.25, 0.3) is 0 Å². The SMILES string of the molecule is CC1C(S(=O)(=O)C(C)C)CCCN1C. The molecule has 1 saturated heterocycles. The molecular weight excluding hydrogens is 198 g/mol. The van der Waals surface area contributed by atoms with Crippen LogP contribution in [0.4, 0.5) is 0 Å². The first-order valence-electron chi connectivity index (χ1n) is 5.30. The van der Waals surface area contributed by atoms with Gasteiger partial charge in [-0.2, -0.15) is 0 Å². The van der Waals surface area contributed by atoms with Gasteiger partial charge in [0.05, 0.1) is 10.5 Å². The van der Waals surface area contributed by atoms with Crippen LogP contribution < -0.4 is 0 Å². The Hall–Kier alpha value is -0.0900. The Morgan fingerprint density at radius 3 is 2.43 bits per heavy atom. The molecule has 0 saturated carbocycles. The smallest absolute Gasteiger partial charge is 0.156 e. The van der Waals surface area contributed by atoms with Crippen LogP contribution in [0, 0.1) is 0 Å². The Kier molecular flexibility index (Phi) is 3.58. The molecule has 0 bridgehead atoms. The van der Waals surface area contributed by atoms with Crippen molar-refractivity contribution in [2.45, 2.75) is 50.2 Å². The molecule has 0 amide bonds. The third kappa shape index (κ3) is 2.11. The second-order valence-corrected chi connectivity index (χ2v) is 7.27. The maximum atomic E-state index is 12.0. The van der Waals surface area contributed by atoms with Crippen molar-refractivity contribution in [3.05, 3.63) is 0 Å². The summed E-state index contributed by atoms with van der Waals surface area (Å²) >= 11 is 0. The van der Waals surface area contributed by atoms with E-state index in [0.29, 0.717) is 0 Å². The van der Waals surface area contributed by atoms with Crippen LogP contribution in [-0.2, 0) is 9.84 Å². The van der Waals surface area contributed by atoms with Crippen LogP contribution in [-0.4, -0.2) is 43.5 Å². The van der Waals surface area contributed by atoms with E-state index in [1.165, 1.54) is 0 Å². The predicted molar refractivity (Wildman–Crippen MR) is 59.2 cm³/mol. The fourth-order valence-corrected chi connectivity index (χ4v) is 4.01. The molecule has 1 rings (SSSR count). The number of rotatable bonds is 2. The third-order valence-corrected chi connectivity index (χ3v) is 6.10. The Morgan fingerprint density at radius 1 is 1.36 bits per heavy atom. The van der Waals surface area contributed by atoms with Crippen molar-refractivity contribution in [2.75, 3.05) is 13.6 Å². The predicted octanol–water partition coefficient (Wildman–Crippen LogP) is 1.29. The summed E-state index contributed by atoms with van der Waals surface area (Å²) in [6.45, 7) is 6.59. The number of piperidine rings is 1. The first kappa shape index (κ1) is 12.0. The molecule has 0 N–H and O–H groups in total. The van der Waals surface area contributed by atoms with Gasteiger partial charge in [0.2, 0.25) is 0 Å². The van der Waals surface area contributed by atoms with Gasteiger partial charge in [-0.05, 0) is 47.2 Å². The maximum Gasteiger partial charge on any atom is 0.156 e. The number of sulfone groups is 1. The molecule has 14 heavy (non-hydrogen) atoms. The maximum absolute atomic E-state index is 12.0. The molecule has 3 nitrogen and oxygen atoms in total. The molecule has 1 fully saturated rings. The number of hydrogen-bond donors (Lipinski definition) is 0. The summed E-state index contributed by atoms with van der Waals surface area (Å²) in [4.78, 5) is 2.15. The van der Waals surface area contributed by atoms with E-state index in [1.54, 1.807) is 13.8 Å². The molecule has 0 aliphatic carbocycles. The van der Waals surface area contributed by atoms with Crippen molar-refractivity contribution in [3.63, 3.8) is 0 Å². The van der Waals surface area contributed by atoms with Gasteiger partial charge in [0.25, 0.3) is 0 Å². The lowest BCUT2D eigenvalue weighted by Crippen LogP contribution is -2.49. The van der Waals surface area contributed by atoms with Crippen molar-refractivity contribution < 1.29 is 8.42 Å². The average Bonchev–Trinajstić information content (AvgIpc) is 2.09. The average molecular weight is 219 g/mol. The number of hydrogen-bond acceptors (Lipinski definition) is 3. The summed E-state index contributed by atoms with van der Waals surface area (Å²) in [7, 11) is -0.917. The van der Waals surface area contributed by atoms with Gasteiger partial charge in [-0.25, -0.2) is 8.42 Å². The summed E-state index contributed by atoms with van der Waals surface area (Å²) in [5.74, 6) is 0. The molecular formula is C10H21NO2S. The van der Waals surface area contributed by atoms with Crippen molar-refractivity contribution in [1.82, 2.24) is 4.90 Å². The minimum absolute atomic E-state index is 0.163. The highest BCUT2D eigenvalue weighted by Gasteiger charge is 2.36. The van der Waals surface area contributed by atoms with Gasteiger partial charge in [-0.15, -0.1) is 0 Å². The summed E-state index contributed by atoms with van der Waals surface area (Å²) < 4.78 is 24.0. The summed E-state index contributed by atoms with van der Waals surface area (Å²) in [5, 5.41) is -0.414. The highest BCUT2D eigenvalue weighted by atomic mass is 32.2. The molecule has 0 aromatic carbocycles. The molecule has 1 aliphatic rings. The molecule has 4 heteroatoms. The molecule has 1 heterocycles. The number of likely N-dealkylation sites (tertiary alicyclic amines) is 1. The normalized spacial score (nSPS) is 30.9. The first-order chi connectivity index (χ1) is 6.37. The van der Waals surface area contributed by atoms with E-state index < -0.39 is 9.84 Å². The molecule has 2 unspecified atom stereocenters. The molecule has 0 aromatic heterocycles. The molecule has 0 radical (unpaired) electrons. The minimum atomic E-state index is -2.92. The van der Waals surface area contributed by atoms with E-state index >= 15 is 0 Å². The summed E-state index contributed by atoms with van der Waals surface area (Å²) in [6, 6.07) is 0.163. The van der Waals surface area contributed by atoms with Gasteiger partial charge in [0.15, 0.2) is 9.84 Å². The second-order valence-electron chi connectivity index (χ2n) is 4.54. The third-order valence-electron chi connectivity index (χ3n) is 3.31. The van der Waals surface area contributed by atoms with Crippen molar-refractivity contribution in [1.29, 1.82) is 0 Å². The van der Waals surface area contributed by atoms with Crippen molar-refractivity contribution >= 4 is 9.84 Å². The fraction of sp³-hybridized carbons (Fsp3) is 1.00. The lowest BCUT2D eigenvalue weighted by Gasteiger charge is -2.37. The van der Waals surface area contributed by atoms with Crippen LogP contribution >= 0.6 is 0 Å². The van der Waals surface area contributed by atoms with E-state index in [-0.39, 0.29) is 16.5 Å². The lowest BCUT2D eigenvalue weighted by molar-refractivity contribution is 0.202. The van der Waals surface area contributed by atoms with Crippen LogP contribution in [0.5, 0.6) is 0 Å². The van der Waals surface area contributed by atoms with Gasteiger partial charge in [-0.1, -0.05) is 0 Å². The lowest BCUT2D eigenvalue weighted by atomic mass is 10.0. The van der Waals surface area contributed by atoms with Crippen LogP contribution in [0.1, 0.15) is 33.6 Å². The number of nitrogens with zero attached hydrogens (tertiary/aromatic N) is 1. The fourth-order valence-electron chi connectivity index (χ4n) is 2.06. The zero-order valence-electron chi connectivity index (χ0n) is 9.53. The van der Waals surface area contributed by atoms with E-state index in [9.17, 15) is 8.42 Å². The molecule has 0 spiro atoms. The van der Waals surface area contributed by atoms with Crippen LogP contribution in [0.2, 0.25) is 0 Å². The zero-order chi connectivity index (χ0) is 10.9. The van der Waals surface area contributed by atoms with Gasteiger partial charge in [0.1, 0.15) is 0 Å². The zero-order valence-corrected chi connectivity index (χ0v) is 10.3. The minimum Gasteiger partial charge on any atom is -0.302 e. The van der Waals surface area contributed by atoms with E-state index in [0.717, 1.165) is 19.4 Å². The molecule has 0 aromatic rings. The monoisotopic (exact) mass is 219 g/mol. The standard InChI is InChI=1S/C10H21NO2S/c1-8(2)14(12,13)10-6-5-7-11(4)9(10)3/h8-10H,5-7H2,1-4H3. The quantitative estimate of drug-likeness (QED) is 0.702. The Labute approximate surface area is 87.4 Å². The van der Waals surface area contributed by atoms with E-state index in [4.69, 9.17) is 0 Å². The van der Waals surface area contributed by atoms with E-state index in [1.807, 2.05) is 14.0 Å². The second kappa shape index (κ2) is 4.19. The van der Waals surface area contributed by atoms with Crippen LogP contribution in [0.15, 0.2) is 0 Å². The highest BCUT2D eigenvalue weighted by Crippen LogP contribution is 2.24. The largest absolute Gasteiger partial charge is 0.302 e. The highest BCUT2D eigenvalue weighted by molar-refractivity contribution is 7.92. The Morgan fingerprint density at radius 2 is 1.93 bits per heavy atom. The summed E-state index contributed by atoms with van der Waals surface area (Å²) in [5.41, 5.74) is 0. The molecule has 1 aliphatic heterocycles. The van der Waals surface area contributed by atoms with Crippen molar-refractivity contribution in [3.8, 4) is 0 Å². The van der Waals surface area contributed by atoms with Gasteiger partial charge in [0, 0.05) is 6.04 Å². The Bertz CT molecular complexity index is 284. The summed E-state index contributed by atoms with van der Waals surface area (Å²) in [6.07, 6.45) is 1.82. The van der Waals surface area contributed by atoms with Crippen LogP contribution in [0.3, 0.4) is 0 Å². The van der Waals surface area contributed by atoms with Gasteiger partial charge in [-0.3, -0.25) is 0 Å². The topological polar surface area (TPSA) is 37.4 Å². The van der Waals surface area contributed by atoms with E-state index in [2.05, 4.69) is 4.90 Å². The van der Waals surface area contributed by atoms with Gasteiger partial charge < -0.3 is 4.90 Å². The first-order valence-corrected chi connectivity index (χ1v) is 6.91. The molecule has 84 valence electrons. The Balaban J connectivity index is 2.87.